The van der Waals surface area contributed by atoms with Crippen molar-refractivity contribution in [2.45, 2.75) is 19.3 Å². The summed E-state index contributed by atoms with van der Waals surface area (Å²) in [5.41, 5.74) is 2.44. The Kier molecular flexibility index (Phi) is 4.51. The molecule has 1 fully saturated rings. The number of anilines is 2. The lowest BCUT2D eigenvalue weighted by molar-refractivity contribution is 0.644. The molecule has 6 heterocycles. The van der Waals surface area contributed by atoms with Gasteiger partial charge in [-0.15, -0.1) is 22.7 Å². The third-order valence-corrected chi connectivity index (χ3v) is 8.59. The Morgan fingerprint density at radius 3 is 2.61 bits per heavy atom. The van der Waals surface area contributed by atoms with Crippen LogP contribution < -0.4 is 9.80 Å². The van der Waals surface area contributed by atoms with Gasteiger partial charge in [0.15, 0.2) is 5.82 Å². The molecule has 0 aromatic carbocycles. The van der Waals surface area contributed by atoms with Crippen LogP contribution in [0.4, 0.5) is 11.6 Å². The highest BCUT2D eigenvalue weighted by molar-refractivity contribution is 7.19. The van der Waals surface area contributed by atoms with Crippen LogP contribution in [0.1, 0.15) is 16.9 Å². The Hall–Kier alpha value is -3.17. The van der Waals surface area contributed by atoms with Gasteiger partial charge in [-0.3, -0.25) is 4.98 Å². The molecular weight excluding hydrogens is 450 g/mol. The molecular formula is C24H21N7S2. The van der Waals surface area contributed by atoms with E-state index < -0.39 is 0 Å². The number of thiophene rings is 2. The quantitative estimate of drug-likeness (QED) is 0.382. The van der Waals surface area contributed by atoms with Gasteiger partial charge in [0.25, 0.3) is 0 Å². The summed E-state index contributed by atoms with van der Waals surface area (Å²) in [7, 11) is 0. The van der Waals surface area contributed by atoms with Gasteiger partial charge in [0.1, 0.15) is 27.6 Å². The van der Waals surface area contributed by atoms with Gasteiger partial charge in [0.05, 0.1) is 10.8 Å². The number of aryl methyl sites for hydroxylation is 2. The maximum absolute atomic E-state index is 5.12. The van der Waals surface area contributed by atoms with Crippen LogP contribution in [0.25, 0.3) is 31.8 Å². The minimum absolute atomic E-state index is 0.767. The van der Waals surface area contributed by atoms with Gasteiger partial charge in [-0.25, -0.2) is 19.9 Å². The summed E-state index contributed by atoms with van der Waals surface area (Å²) in [6, 6.07) is 6.12. The summed E-state index contributed by atoms with van der Waals surface area (Å²) >= 11 is 3.52. The van der Waals surface area contributed by atoms with Gasteiger partial charge in [-0.2, -0.15) is 0 Å². The smallest absolute Gasteiger partial charge is 0.164 e. The Balaban J connectivity index is 1.27. The van der Waals surface area contributed by atoms with Crippen molar-refractivity contribution in [2.75, 3.05) is 36.0 Å². The SMILES string of the molecule is c1cncc(-c2nc(N3CCN(c4ncnc5sccc45)CC3)c3c4c(sc3n2)CCC4)c1. The second-order valence-electron chi connectivity index (χ2n) is 8.46. The van der Waals surface area contributed by atoms with Crippen molar-refractivity contribution in [1.82, 2.24) is 24.9 Å². The maximum Gasteiger partial charge on any atom is 0.164 e. The predicted octanol–water partition coefficient (Wildman–Crippen LogP) is 4.57. The molecule has 164 valence electrons. The van der Waals surface area contributed by atoms with E-state index in [0.29, 0.717) is 0 Å². The first-order chi connectivity index (χ1) is 16.3. The maximum atomic E-state index is 5.12. The molecule has 1 aliphatic carbocycles. The molecule has 1 aliphatic heterocycles. The van der Waals surface area contributed by atoms with Crippen molar-refractivity contribution in [2.24, 2.45) is 0 Å². The summed E-state index contributed by atoms with van der Waals surface area (Å²) in [4.78, 5) is 31.9. The standard InChI is InChI=1S/C24H21N7S2/c1-4-16-18(5-1)33-24-19(16)22(28-20(29-24)15-3-2-7-25-13-15)31-10-8-30(9-11-31)21-17-6-12-32-23(17)27-14-26-21/h2-3,6-7,12-14H,1,4-5,8-11H2. The molecule has 7 rings (SSSR count). The average molecular weight is 472 g/mol. The molecule has 0 unspecified atom stereocenters. The second-order valence-corrected chi connectivity index (χ2v) is 10.4. The first-order valence-electron chi connectivity index (χ1n) is 11.3. The Labute approximate surface area is 198 Å². The highest BCUT2D eigenvalue weighted by Gasteiger charge is 2.28. The van der Waals surface area contributed by atoms with Crippen LogP contribution in [0.15, 0.2) is 42.3 Å². The number of rotatable bonds is 3. The number of hydrogen-bond acceptors (Lipinski definition) is 9. The van der Waals surface area contributed by atoms with Crippen LogP contribution in [0.5, 0.6) is 0 Å². The number of fused-ring (bicyclic) bond motifs is 4. The zero-order valence-electron chi connectivity index (χ0n) is 17.9. The van der Waals surface area contributed by atoms with Crippen LogP contribution in [0.2, 0.25) is 0 Å². The third kappa shape index (κ3) is 3.18. The lowest BCUT2D eigenvalue weighted by Crippen LogP contribution is -2.47. The lowest BCUT2D eigenvalue weighted by atomic mass is 10.1. The molecule has 0 amide bonds. The van der Waals surface area contributed by atoms with E-state index in [-0.39, 0.29) is 0 Å². The van der Waals surface area contributed by atoms with Gasteiger partial charge in [-0.1, -0.05) is 0 Å². The van der Waals surface area contributed by atoms with E-state index in [4.69, 9.17) is 9.97 Å². The van der Waals surface area contributed by atoms with E-state index in [0.717, 1.165) is 77.1 Å². The summed E-state index contributed by atoms with van der Waals surface area (Å²) in [6.07, 6.45) is 8.86. The zero-order chi connectivity index (χ0) is 21.8. The van der Waals surface area contributed by atoms with Crippen LogP contribution in [0, 0.1) is 0 Å². The molecule has 0 radical (unpaired) electrons. The summed E-state index contributed by atoms with van der Waals surface area (Å²) in [6.45, 7) is 3.61. The first kappa shape index (κ1) is 19.3. The summed E-state index contributed by atoms with van der Waals surface area (Å²) < 4.78 is 0. The molecule has 5 aromatic rings. The number of piperazine rings is 1. The van der Waals surface area contributed by atoms with E-state index >= 15 is 0 Å². The highest BCUT2D eigenvalue weighted by atomic mass is 32.1. The fraction of sp³-hybridized carbons (Fsp3) is 0.292. The van der Waals surface area contributed by atoms with Crippen molar-refractivity contribution < 1.29 is 0 Å². The normalized spacial score (nSPS) is 16.1. The number of aromatic nitrogens is 5. The minimum atomic E-state index is 0.767. The highest BCUT2D eigenvalue weighted by Crippen LogP contribution is 2.42. The third-order valence-electron chi connectivity index (χ3n) is 6.58. The zero-order valence-corrected chi connectivity index (χ0v) is 19.6. The van der Waals surface area contributed by atoms with Gasteiger partial charge < -0.3 is 9.80 Å². The first-order valence-corrected chi connectivity index (χ1v) is 13.0. The van der Waals surface area contributed by atoms with Gasteiger partial charge in [0, 0.05) is 49.0 Å². The van der Waals surface area contributed by atoms with E-state index in [1.807, 2.05) is 29.7 Å². The van der Waals surface area contributed by atoms with E-state index in [1.54, 1.807) is 23.9 Å². The van der Waals surface area contributed by atoms with Crippen molar-refractivity contribution >= 4 is 54.7 Å². The van der Waals surface area contributed by atoms with Crippen LogP contribution in [0.3, 0.4) is 0 Å². The Bertz CT molecular complexity index is 1470. The van der Waals surface area contributed by atoms with Crippen molar-refractivity contribution in [3.8, 4) is 11.4 Å². The second kappa shape index (κ2) is 7.71. The molecule has 0 saturated carbocycles. The Morgan fingerprint density at radius 1 is 0.879 bits per heavy atom. The van der Waals surface area contributed by atoms with E-state index in [1.165, 1.54) is 22.2 Å². The molecule has 0 N–H and O–H groups in total. The lowest BCUT2D eigenvalue weighted by Gasteiger charge is -2.36. The van der Waals surface area contributed by atoms with Crippen LogP contribution in [-0.2, 0) is 12.8 Å². The van der Waals surface area contributed by atoms with Crippen molar-refractivity contribution in [3.63, 3.8) is 0 Å². The molecule has 7 nitrogen and oxygen atoms in total. The molecule has 0 spiro atoms. The van der Waals surface area contributed by atoms with Crippen molar-refractivity contribution in [1.29, 1.82) is 0 Å². The van der Waals surface area contributed by atoms with Gasteiger partial charge >= 0.3 is 0 Å². The van der Waals surface area contributed by atoms with E-state index in [9.17, 15) is 0 Å². The average Bonchev–Trinajstić information content (AvgIpc) is 3.60. The molecule has 33 heavy (non-hydrogen) atoms. The van der Waals surface area contributed by atoms with Gasteiger partial charge in [0.2, 0.25) is 0 Å². The predicted molar refractivity (Wildman–Crippen MR) is 135 cm³/mol. The molecule has 2 aliphatic rings. The largest absolute Gasteiger partial charge is 0.352 e. The topological polar surface area (TPSA) is 70.9 Å². The van der Waals surface area contributed by atoms with Crippen LogP contribution >= 0.6 is 22.7 Å². The molecule has 0 bridgehead atoms. The van der Waals surface area contributed by atoms with E-state index in [2.05, 4.69) is 36.2 Å². The monoisotopic (exact) mass is 471 g/mol. The number of pyridine rings is 1. The van der Waals surface area contributed by atoms with Crippen LogP contribution in [-0.4, -0.2) is 51.1 Å². The molecule has 1 saturated heterocycles. The fourth-order valence-corrected chi connectivity index (χ4v) is 6.97. The molecule has 5 aromatic heterocycles. The summed E-state index contributed by atoms with van der Waals surface area (Å²) in [5.74, 6) is 2.89. The fourth-order valence-electron chi connectivity index (χ4n) is 4.99. The minimum Gasteiger partial charge on any atom is -0.352 e. The summed E-state index contributed by atoms with van der Waals surface area (Å²) in [5, 5.41) is 4.51. The van der Waals surface area contributed by atoms with Crippen molar-refractivity contribution in [3.05, 3.63) is 52.7 Å². The number of nitrogens with zero attached hydrogens (tertiary/aromatic N) is 7. The number of hydrogen-bond donors (Lipinski definition) is 0. The Morgan fingerprint density at radius 2 is 1.76 bits per heavy atom. The molecule has 0 atom stereocenters. The molecule has 9 heteroatoms. The van der Waals surface area contributed by atoms with Gasteiger partial charge in [-0.05, 0) is 48.4 Å².